The first-order chi connectivity index (χ1) is 9.43. The van der Waals surface area contributed by atoms with E-state index in [1.54, 1.807) is 0 Å². The van der Waals surface area contributed by atoms with Crippen LogP contribution in [-0.4, -0.2) is 23.1 Å². The van der Waals surface area contributed by atoms with Crippen LogP contribution in [0.1, 0.15) is 25.7 Å². The maximum atomic E-state index is 4.58. The Morgan fingerprint density at radius 1 is 0.789 bits per heavy atom. The van der Waals surface area contributed by atoms with E-state index in [0.717, 1.165) is 30.2 Å². The summed E-state index contributed by atoms with van der Waals surface area (Å²) in [5.74, 6) is 1.02. The average molecular weight is 253 g/mol. The Kier molecular flexibility index (Phi) is 3.73. The Morgan fingerprint density at radius 2 is 1.53 bits per heavy atom. The molecule has 1 aliphatic rings. The van der Waals surface area contributed by atoms with Crippen molar-refractivity contribution < 1.29 is 0 Å². The Bertz CT molecular complexity index is 499. The van der Waals surface area contributed by atoms with E-state index in [4.69, 9.17) is 0 Å². The molecule has 3 nitrogen and oxygen atoms in total. The van der Waals surface area contributed by atoms with E-state index >= 15 is 0 Å². The number of nitrogens with zero attached hydrogens (tertiary/aromatic N) is 3. The van der Waals surface area contributed by atoms with Gasteiger partial charge in [0.05, 0.1) is 18.1 Å². The molecule has 3 rings (SSSR count). The van der Waals surface area contributed by atoms with E-state index in [2.05, 4.69) is 27.0 Å². The Labute approximate surface area is 114 Å². The van der Waals surface area contributed by atoms with Gasteiger partial charge in [-0.05, 0) is 12.8 Å². The number of anilines is 1. The predicted octanol–water partition coefficient (Wildman–Crippen LogP) is 3.52. The lowest BCUT2D eigenvalue weighted by Gasteiger charge is -2.20. The van der Waals surface area contributed by atoms with Gasteiger partial charge in [-0.3, -0.25) is 4.98 Å². The van der Waals surface area contributed by atoms with Gasteiger partial charge in [0.1, 0.15) is 5.82 Å². The molecule has 0 unspecified atom stereocenters. The first-order valence-electron chi connectivity index (χ1n) is 7.06. The van der Waals surface area contributed by atoms with E-state index < -0.39 is 0 Å². The zero-order valence-corrected chi connectivity index (χ0v) is 11.1. The van der Waals surface area contributed by atoms with Gasteiger partial charge in [0.25, 0.3) is 0 Å². The smallest absolute Gasteiger partial charge is 0.147 e. The zero-order valence-electron chi connectivity index (χ0n) is 11.1. The minimum Gasteiger partial charge on any atom is -0.355 e. The average Bonchev–Trinajstić information content (AvgIpc) is 2.77. The summed E-state index contributed by atoms with van der Waals surface area (Å²) in [6.45, 7) is 2.22. The molecular formula is C16H19N3. The molecule has 1 aromatic carbocycles. The van der Waals surface area contributed by atoms with Crippen molar-refractivity contribution in [3.05, 3.63) is 42.7 Å². The normalized spacial score (nSPS) is 16.1. The molecule has 0 atom stereocenters. The van der Waals surface area contributed by atoms with Crippen LogP contribution in [0.25, 0.3) is 11.3 Å². The topological polar surface area (TPSA) is 29.0 Å². The van der Waals surface area contributed by atoms with Crippen molar-refractivity contribution in [2.45, 2.75) is 25.7 Å². The maximum absolute atomic E-state index is 4.58. The van der Waals surface area contributed by atoms with Crippen molar-refractivity contribution in [1.29, 1.82) is 0 Å². The quantitative estimate of drug-likeness (QED) is 0.820. The third kappa shape index (κ3) is 2.92. The SMILES string of the molecule is c1ccc(-c2cnc(N3CCCCCC3)cn2)cc1. The van der Waals surface area contributed by atoms with Gasteiger partial charge in [0.2, 0.25) is 0 Å². The molecular weight excluding hydrogens is 234 g/mol. The summed E-state index contributed by atoms with van der Waals surface area (Å²) in [5.41, 5.74) is 2.07. The summed E-state index contributed by atoms with van der Waals surface area (Å²) in [7, 11) is 0. The van der Waals surface area contributed by atoms with Crippen LogP contribution < -0.4 is 4.90 Å². The summed E-state index contributed by atoms with van der Waals surface area (Å²) in [5, 5.41) is 0. The Balaban J connectivity index is 1.78. The first kappa shape index (κ1) is 12.2. The van der Waals surface area contributed by atoms with Crippen LogP contribution in [0.2, 0.25) is 0 Å². The van der Waals surface area contributed by atoms with Crippen LogP contribution in [0, 0.1) is 0 Å². The molecule has 2 heterocycles. The Hall–Kier alpha value is -1.90. The molecule has 3 heteroatoms. The highest BCUT2D eigenvalue weighted by Crippen LogP contribution is 2.19. The van der Waals surface area contributed by atoms with Gasteiger partial charge in [-0.2, -0.15) is 0 Å². The van der Waals surface area contributed by atoms with Crippen LogP contribution in [0.4, 0.5) is 5.82 Å². The second-order valence-corrected chi connectivity index (χ2v) is 5.03. The van der Waals surface area contributed by atoms with Crippen LogP contribution >= 0.6 is 0 Å². The molecule has 0 spiro atoms. The summed E-state index contributed by atoms with van der Waals surface area (Å²) in [4.78, 5) is 11.5. The van der Waals surface area contributed by atoms with Crippen molar-refractivity contribution in [2.75, 3.05) is 18.0 Å². The molecule has 98 valence electrons. The van der Waals surface area contributed by atoms with Crippen LogP contribution in [0.5, 0.6) is 0 Å². The van der Waals surface area contributed by atoms with Crippen molar-refractivity contribution in [3.8, 4) is 11.3 Å². The molecule has 0 radical (unpaired) electrons. The summed E-state index contributed by atoms with van der Waals surface area (Å²) < 4.78 is 0. The lowest BCUT2D eigenvalue weighted by molar-refractivity contribution is 0.726. The van der Waals surface area contributed by atoms with E-state index in [0.29, 0.717) is 0 Å². The van der Waals surface area contributed by atoms with E-state index in [9.17, 15) is 0 Å². The molecule has 2 aromatic rings. The molecule has 0 aliphatic carbocycles. The minimum atomic E-state index is 0.944. The fourth-order valence-electron chi connectivity index (χ4n) is 2.54. The summed E-state index contributed by atoms with van der Waals surface area (Å²) in [6, 6.07) is 10.2. The van der Waals surface area contributed by atoms with Gasteiger partial charge in [-0.25, -0.2) is 4.98 Å². The molecule has 0 N–H and O–H groups in total. The largest absolute Gasteiger partial charge is 0.355 e. The number of aromatic nitrogens is 2. The fraction of sp³-hybridized carbons (Fsp3) is 0.375. The van der Waals surface area contributed by atoms with Gasteiger partial charge < -0.3 is 4.90 Å². The van der Waals surface area contributed by atoms with Crippen LogP contribution in [-0.2, 0) is 0 Å². The molecule has 0 saturated carbocycles. The van der Waals surface area contributed by atoms with E-state index in [1.165, 1.54) is 25.7 Å². The highest BCUT2D eigenvalue weighted by Gasteiger charge is 2.11. The van der Waals surface area contributed by atoms with Crippen molar-refractivity contribution in [1.82, 2.24) is 9.97 Å². The zero-order chi connectivity index (χ0) is 12.9. The first-order valence-corrected chi connectivity index (χ1v) is 7.06. The molecule has 1 aliphatic heterocycles. The van der Waals surface area contributed by atoms with E-state index in [1.807, 2.05) is 30.6 Å². The maximum Gasteiger partial charge on any atom is 0.147 e. The molecule has 1 aromatic heterocycles. The van der Waals surface area contributed by atoms with Crippen molar-refractivity contribution >= 4 is 5.82 Å². The number of hydrogen-bond acceptors (Lipinski definition) is 3. The van der Waals surface area contributed by atoms with E-state index in [-0.39, 0.29) is 0 Å². The van der Waals surface area contributed by atoms with Gasteiger partial charge >= 0.3 is 0 Å². The van der Waals surface area contributed by atoms with Crippen molar-refractivity contribution in [2.24, 2.45) is 0 Å². The van der Waals surface area contributed by atoms with Gasteiger partial charge in [-0.15, -0.1) is 0 Å². The fourth-order valence-corrected chi connectivity index (χ4v) is 2.54. The van der Waals surface area contributed by atoms with Gasteiger partial charge in [0, 0.05) is 18.7 Å². The van der Waals surface area contributed by atoms with Gasteiger partial charge in [-0.1, -0.05) is 43.2 Å². The van der Waals surface area contributed by atoms with Crippen LogP contribution in [0.3, 0.4) is 0 Å². The lowest BCUT2D eigenvalue weighted by Crippen LogP contribution is -2.24. The highest BCUT2D eigenvalue weighted by molar-refractivity contribution is 5.58. The van der Waals surface area contributed by atoms with Crippen molar-refractivity contribution in [3.63, 3.8) is 0 Å². The molecule has 0 bridgehead atoms. The van der Waals surface area contributed by atoms with Crippen LogP contribution in [0.15, 0.2) is 42.7 Å². The second kappa shape index (κ2) is 5.83. The molecule has 0 amide bonds. The number of benzene rings is 1. The third-order valence-corrected chi connectivity index (χ3v) is 3.64. The second-order valence-electron chi connectivity index (χ2n) is 5.03. The highest BCUT2D eigenvalue weighted by atomic mass is 15.2. The number of hydrogen-bond donors (Lipinski definition) is 0. The summed E-state index contributed by atoms with van der Waals surface area (Å²) >= 11 is 0. The third-order valence-electron chi connectivity index (χ3n) is 3.64. The monoisotopic (exact) mass is 253 g/mol. The summed E-state index contributed by atoms with van der Waals surface area (Å²) in [6.07, 6.45) is 9.01. The standard InChI is InChI=1S/C16H19N3/c1-2-7-11-19(10-6-1)16-13-17-15(12-18-16)14-8-4-3-5-9-14/h3-5,8-9,12-13H,1-2,6-7,10-11H2. The molecule has 1 fully saturated rings. The van der Waals surface area contributed by atoms with Gasteiger partial charge in [0.15, 0.2) is 0 Å². The Morgan fingerprint density at radius 3 is 2.16 bits per heavy atom. The molecule has 19 heavy (non-hydrogen) atoms. The molecule has 1 saturated heterocycles. The number of rotatable bonds is 2. The predicted molar refractivity (Wildman–Crippen MR) is 78.1 cm³/mol. The minimum absolute atomic E-state index is 0.944. The lowest BCUT2D eigenvalue weighted by atomic mass is 10.2.